The predicted octanol–water partition coefficient (Wildman–Crippen LogP) is 1.48. The van der Waals surface area contributed by atoms with Gasteiger partial charge in [-0.25, -0.2) is 0 Å². The number of ether oxygens (including phenoxy) is 1. The van der Waals surface area contributed by atoms with Gasteiger partial charge in [-0.15, -0.1) is 12.4 Å². The van der Waals surface area contributed by atoms with Crippen LogP contribution in [-0.4, -0.2) is 38.3 Å². The topological polar surface area (TPSA) is 50.4 Å². The maximum Gasteiger partial charge on any atom is 0.220 e. The van der Waals surface area contributed by atoms with Crippen molar-refractivity contribution in [3.8, 4) is 0 Å². The molecular formula is C12H25ClN2O2. The number of amides is 1. The molecule has 1 amide bonds. The molecule has 0 saturated carbocycles. The SMILES string of the molecule is CNCCCNC(=O)CCC1CCC(C)O1.Cl. The Morgan fingerprint density at radius 3 is 2.71 bits per heavy atom. The fraction of sp³-hybridized carbons (Fsp3) is 0.917. The minimum Gasteiger partial charge on any atom is -0.375 e. The third-order valence-electron chi connectivity index (χ3n) is 2.94. The number of nitrogens with one attached hydrogen (secondary N) is 2. The van der Waals surface area contributed by atoms with Crippen LogP contribution in [0.25, 0.3) is 0 Å². The fourth-order valence-electron chi connectivity index (χ4n) is 1.97. The number of hydrogen-bond donors (Lipinski definition) is 2. The molecule has 1 saturated heterocycles. The highest BCUT2D eigenvalue weighted by Crippen LogP contribution is 2.22. The third-order valence-corrected chi connectivity index (χ3v) is 2.94. The molecule has 0 spiro atoms. The molecule has 0 aromatic heterocycles. The van der Waals surface area contributed by atoms with E-state index in [1.807, 2.05) is 7.05 Å². The summed E-state index contributed by atoms with van der Waals surface area (Å²) in [6, 6.07) is 0. The van der Waals surface area contributed by atoms with Crippen molar-refractivity contribution >= 4 is 18.3 Å². The molecular weight excluding hydrogens is 240 g/mol. The minimum absolute atomic E-state index is 0. The van der Waals surface area contributed by atoms with Gasteiger partial charge in [-0.2, -0.15) is 0 Å². The zero-order valence-electron chi connectivity index (χ0n) is 10.8. The van der Waals surface area contributed by atoms with Crippen LogP contribution in [0.3, 0.4) is 0 Å². The zero-order chi connectivity index (χ0) is 11.8. The van der Waals surface area contributed by atoms with E-state index in [2.05, 4.69) is 17.6 Å². The standard InChI is InChI=1S/C12H24N2O2.ClH/c1-10-4-5-11(16-10)6-7-12(15)14-9-3-8-13-2;/h10-11,13H,3-9H2,1-2H3,(H,14,15);1H. The van der Waals surface area contributed by atoms with Gasteiger partial charge < -0.3 is 15.4 Å². The molecule has 1 heterocycles. The molecule has 2 unspecified atom stereocenters. The minimum atomic E-state index is 0. The highest BCUT2D eigenvalue weighted by atomic mass is 35.5. The van der Waals surface area contributed by atoms with Crippen molar-refractivity contribution in [2.24, 2.45) is 0 Å². The van der Waals surface area contributed by atoms with Crippen molar-refractivity contribution in [1.29, 1.82) is 0 Å². The molecule has 2 N–H and O–H groups in total. The maximum absolute atomic E-state index is 11.5. The lowest BCUT2D eigenvalue weighted by Crippen LogP contribution is -2.27. The molecule has 1 fully saturated rings. The predicted molar refractivity (Wildman–Crippen MR) is 71.6 cm³/mol. The molecule has 5 heteroatoms. The monoisotopic (exact) mass is 264 g/mol. The Morgan fingerprint density at radius 1 is 1.35 bits per heavy atom. The average Bonchev–Trinajstić information content (AvgIpc) is 2.68. The summed E-state index contributed by atoms with van der Waals surface area (Å²) in [7, 11) is 1.92. The largest absolute Gasteiger partial charge is 0.375 e. The molecule has 1 rings (SSSR count). The number of hydrogen-bond acceptors (Lipinski definition) is 3. The van der Waals surface area contributed by atoms with Crippen LogP contribution in [0.1, 0.15) is 39.0 Å². The van der Waals surface area contributed by atoms with Gasteiger partial charge >= 0.3 is 0 Å². The van der Waals surface area contributed by atoms with Gasteiger partial charge in [-0.05, 0) is 46.2 Å². The van der Waals surface area contributed by atoms with Gasteiger partial charge in [0.25, 0.3) is 0 Å². The molecule has 0 radical (unpaired) electrons. The van der Waals surface area contributed by atoms with Crippen LogP contribution in [0, 0.1) is 0 Å². The Balaban J connectivity index is 0.00000256. The molecule has 2 atom stereocenters. The van der Waals surface area contributed by atoms with Crippen molar-refractivity contribution in [1.82, 2.24) is 10.6 Å². The van der Waals surface area contributed by atoms with Crippen LogP contribution >= 0.6 is 12.4 Å². The zero-order valence-corrected chi connectivity index (χ0v) is 11.6. The van der Waals surface area contributed by atoms with Gasteiger partial charge in [-0.1, -0.05) is 0 Å². The summed E-state index contributed by atoms with van der Waals surface area (Å²) in [4.78, 5) is 11.5. The molecule has 102 valence electrons. The maximum atomic E-state index is 11.5. The lowest BCUT2D eigenvalue weighted by Gasteiger charge is -2.10. The van der Waals surface area contributed by atoms with Gasteiger partial charge in [0.15, 0.2) is 0 Å². The van der Waals surface area contributed by atoms with E-state index in [4.69, 9.17) is 4.74 Å². The van der Waals surface area contributed by atoms with E-state index < -0.39 is 0 Å². The van der Waals surface area contributed by atoms with E-state index in [0.717, 1.165) is 38.8 Å². The van der Waals surface area contributed by atoms with Gasteiger partial charge in [0, 0.05) is 13.0 Å². The summed E-state index contributed by atoms with van der Waals surface area (Å²) in [5.74, 6) is 0.152. The van der Waals surface area contributed by atoms with Crippen molar-refractivity contribution in [2.75, 3.05) is 20.1 Å². The van der Waals surface area contributed by atoms with E-state index >= 15 is 0 Å². The first-order valence-corrected chi connectivity index (χ1v) is 6.29. The average molecular weight is 265 g/mol. The van der Waals surface area contributed by atoms with E-state index in [0.29, 0.717) is 18.6 Å². The fourth-order valence-corrected chi connectivity index (χ4v) is 1.97. The Kier molecular flexibility index (Phi) is 9.50. The number of halogens is 1. The lowest BCUT2D eigenvalue weighted by atomic mass is 10.1. The van der Waals surface area contributed by atoms with Crippen LogP contribution in [0.15, 0.2) is 0 Å². The van der Waals surface area contributed by atoms with Crippen LogP contribution in [-0.2, 0) is 9.53 Å². The summed E-state index contributed by atoms with van der Waals surface area (Å²) in [6.45, 7) is 3.81. The molecule has 0 aromatic rings. The first-order chi connectivity index (χ1) is 7.72. The smallest absolute Gasteiger partial charge is 0.220 e. The summed E-state index contributed by atoms with van der Waals surface area (Å²) in [5.41, 5.74) is 0. The van der Waals surface area contributed by atoms with Crippen LogP contribution in [0.5, 0.6) is 0 Å². The molecule has 1 aliphatic heterocycles. The number of carbonyl (C=O) groups excluding carboxylic acids is 1. The normalized spacial score (nSPS) is 23.2. The molecule has 17 heavy (non-hydrogen) atoms. The summed E-state index contributed by atoms with van der Waals surface area (Å²) in [6.07, 6.45) is 5.36. The van der Waals surface area contributed by atoms with E-state index in [-0.39, 0.29) is 18.3 Å². The van der Waals surface area contributed by atoms with Crippen molar-refractivity contribution in [3.05, 3.63) is 0 Å². The Labute approximate surface area is 110 Å². The first kappa shape index (κ1) is 16.7. The molecule has 0 bridgehead atoms. The van der Waals surface area contributed by atoms with E-state index in [9.17, 15) is 4.79 Å². The first-order valence-electron chi connectivity index (χ1n) is 6.29. The second kappa shape index (κ2) is 9.68. The van der Waals surface area contributed by atoms with E-state index in [1.54, 1.807) is 0 Å². The summed E-state index contributed by atoms with van der Waals surface area (Å²) >= 11 is 0. The Hall–Kier alpha value is -0.320. The molecule has 4 nitrogen and oxygen atoms in total. The van der Waals surface area contributed by atoms with E-state index in [1.165, 1.54) is 0 Å². The van der Waals surface area contributed by atoms with Crippen molar-refractivity contribution < 1.29 is 9.53 Å². The number of carbonyl (C=O) groups is 1. The van der Waals surface area contributed by atoms with Gasteiger partial charge in [0.1, 0.15) is 0 Å². The molecule has 1 aliphatic rings. The van der Waals surface area contributed by atoms with Gasteiger partial charge in [-0.3, -0.25) is 4.79 Å². The second-order valence-electron chi connectivity index (χ2n) is 4.49. The molecule has 0 aromatic carbocycles. The number of rotatable bonds is 7. The van der Waals surface area contributed by atoms with Gasteiger partial charge in [0.2, 0.25) is 5.91 Å². The highest BCUT2D eigenvalue weighted by molar-refractivity contribution is 5.85. The van der Waals surface area contributed by atoms with Crippen LogP contribution < -0.4 is 10.6 Å². The Morgan fingerprint density at radius 2 is 2.12 bits per heavy atom. The van der Waals surface area contributed by atoms with Crippen molar-refractivity contribution in [2.45, 2.75) is 51.2 Å². The summed E-state index contributed by atoms with van der Waals surface area (Å²) in [5, 5.41) is 5.97. The van der Waals surface area contributed by atoms with Crippen LogP contribution in [0.4, 0.5) is 0 Å². The van der Waals surface area contributed by atoms with Crippen LogP contribution in [0.2, 0.25) is 0 Å². The quantitative estimate of drug-likeness (QED) is 0.685. The molecule has 0 aliphatic carbocycles. The third kappa shape index (κ3) is 7.58. The summed E-state index contributed by atoms with van der Waals surface area (Å²) < 4.78 is 5.66. The van der Waals surface area contributed by atoms with Gasteiger partial charge in [0.05, 0.1) is 12.2 Å². The lowest BCUT2D eigenvalue weighted by molar-refractivity contribution is -0.121. The highest BCUT2D eigenvalue weighted by Gasteiger charge is 2.21. The van der Waals surface area contributed by atoms with Crippen molar-refractivity contribution in [3.63, 3.8) is 0 Å². The Bertz CT molecular complexity index is 215. The second-order valence-corrected chi connectivity index (χ2v) is 4.49.